The summed E-state index contributed by atoms with van der Waals surface area (Å²) in [5.74, 6) is -1.18. The number of nitrogens with one attached hydrogen (secondary N) is 1. The van der Waals surface area contributed by atoms with Crippen molar-refractivity contribution in [1.82, 2.24) is 5.32 Å². The van der Waals surface area contributed by atoms with Crippen LogP contribution in [0, 0.1) is 0 Å². The molecule has 0 aromatic heterocycles. The van der Waals surface area contributed by atoms with Crippen molar-refractivity contribution in [3.8, 4) is 0 Å². The zero-order chi connectivity index (χ0) is 17.5. The van der Waals surface area contributed by atoms with Gasteiger partial charge in [0.2, 0.25) is 0 Å². The van der Waals surface area contributed by atoms with Crippen LogP contribution in [-0.2, 0) is 25.7 Å². The summed E-state index contributed by atoms with van der Waals surface area (Å²) in [6.07, 6.45) is -1.53. The van der Waals surface area contributed by atoms with Crippen molar-refractivity contribution in [3.05, 3.63) is 35.9 Å². The van der Waals surface area contributed by atoms with Gasteiger partial charge in [0.25, 0.3) is 5.91 Å². The highest BCUT2D eigenvalue weighted by Gasteiger charge is 2.30. The van der Waals surface area contributed by atoms with E-state index in [1.165, 1.54) is 0 Å². The van der Waals surface area contributed by atoms with Gasteiger partial charge in [-0.1, -0.05) is 30.3 Å². The Morgan fingerprint density at radius 1 is 1.22 bits per heavy atom. The maximum Gasteiger partial charge on any atom is 0.337 e. The minimum absolute atomic E-state index is 0.0760. The first kappa shape index (κ1) is 19.1. The van der Waals surface area contributed by atoms with Crippen LogP contribution in [0.15, 0.2) is 30.3 Å². The molecule has 0 heterocycles. The second-order valence-corrected chi connectivity index (χ2v) is 6.00. The van der Waals surface area contributed by atoms with E-state index in [0.29, 0.717) is 0 Å². The van der Waals surface area contributed by atoms with E-state index in [0.717, 1.165) is 5.56 Å². The highest BCUT2D eigenvalue weighted by Crippen LogP contribution is 2.12. The van der Waals surface area contributed by atoms with Crippen LogP contribution < -0.4 is 5.32 Å². The normalized spacial score (nSPS) is 12.8. The first-order chi connectivity index (χ1) is 10.7. The Balaban J connectivity index is 2.39. The second-order valence-electron chi connectivity index (χ2n) is 6.00. The molecule has 0 aliphatic rings. The average Bonchev–Trinajstić information content (AvgIpc) is 2.49. The van der Waals surface area contributed by atoms with Crippen LogP contribution in [0.5, 0.6) is 0 Å². The number of benzene rings is 1. The van der Waals surface area contributed by atoms with Gasteiger partial charge in [0, 0.05) is 0 Å². The molecule has 0 aliphatic carbocycles. The van der Waals surface area contributed by atoms with Gasteiger partial charge >= 0.3 is 5.97 Å². The SMILES string of the molecule is CC(C)OC(C)(C)C(=O)NC[C@H](O)C(=O)OCc1ccccc1. The molecule has 1 aromatic carbocycles. The Morgan fingerprint density at radius 3 is 2.39 bits per heavy atom. The Bertz CT molecular complexity index is 513. The van der Waals surface area contributed by atoms with E-state index >= 15 is 0 Å². The molecule has 1 aromatic rings. The molecule has 2 N–H and O–H groups in total. The maximum atomic E-state index is 12.0. The molecular weight excluding hydrogens is 298 g/mol. The molecule has 0 fully saturated rings. The lowest BCUT2D eigenvalue weighted by Gasteiger charge is -2.26. The Hall–Kier alpha value is -1.92. The molecule has 1 atom stereocenters. The van der Waals surface area contributed by atoms with Gasteiger partial charge in [0.15, 0.2) is 6.10 Å². The van der Waals surface area contributed by atoms with Crippen molar-refractivity contribution in [3.63, 3.8) is 0 Å². The van der Waals surface area contributed by atoms with E-state index in [1.807, 2.05) is 44.2 Å². The molecule has 0 bridgehead atoms. The number of aliphatic hydroxyl groups is 1. The van der Waals surface area contributed by atoms with Gasteiger partial charge in [0.05, 0.1) is 12.6 Å². The summed E-state index contributed by atoms with van der Waals surface area (Å²) in [7, 11) is 0. The number of hydrogen-bond acceptors (Lipinski definition) is 5. The Kier molecular flexibility index (Phi) is 7.19. The zero-order valence-corrected chi connectivity index (χ0v) is 14.0. The van der Waals surface area contributed by atoms with Crippen LogP contribution in [0.4, 0.5) is 0 Å². The third kappa shape index (κ3) is 6.80. The van der Waals surface area contributed by atoms with Crippen molar-refractivity contribution in [1.29, 1.82) is 0 Å². The minimum atomic E-state index is -1.42. The molecule has 128 valence electrons. The number of carbonyl (C=O) groups excluding carboxylic acids is 2. The summed E-state index contributed by atoms with van der Waals surface area (Å²) in [5, 5.41) is 12.3. The third-order valence-electron chi connectivity index (χ3n) is 3.03. The second kappa shape index (κ2) is 8.64. The van der Waals surface area contributed by atoms with Gasteiger partial charge in [-0.15, -0.1) is 0 Å². The van der Waals surface area contributed by atoms with Gasteiger partial charge in [-0.3, -0.25) is 4.79 Å². The largest absolute Gasteiger partial charge is 0.459 e. The highest BCUT2D eigenvalue weighted by molar-refractivity contribution is 5.85. The molecule has 0 unspecified atom stereocenters. The predicted molar refractivity (Wildman–Crippen MR) is 85.6 cm³/mol. The molecule has 0 aliphatic heterocycles. The number of carbonyl (C=O) groups is 2. The minimum Gasteiger partial charge on any atom is -0.459 e. The Labute approximate surface area is 136 Å². The fourth-order valence-electron chi connectivity index (χ4n) is 1.95. The summed E-state index contributed by atoms with van der Waals surface area (Å²) in [4.78, 5) is 23.7. The lowest BCUT2D eigenvalue weighted by Crippen LogP contribution is -2.48. The highest BCUT2D eigenvalue weighted by atomic mass is 16.5. The number of hydrogen-bond donors (Lipinski definition) is 2. The van der Waals surface area contributed by atoms with Crippen molar-refractivity contribution in [2.45, 2.75) is 52.1 Å². The van der Waals surface area contributed by atoms with Crippen LogP contribution in [-0.4, -0.2) is 41.3 Å². The molecule has 6 nitrogen and oxygen atoms in total. The zero-order valence-electron chi connectivity index (χ0n) is 14.0. The molecule has 0 saturated carbocycles. The van der Waals surface area contributed by atoms with Crippen LogP contribution in [0.3, 0.4) is 0 Å². The van der Waals surface area contributed by atoms with Gasteiger partial charge in [-0.2, -0.15) is 0 Å². The number of rotatable bonds is 8. The monoisotopic (exact) mass is 323 g/mol. The van der Waals surface area contributed by atoms with E-state index in [2.05, 4.69) is 5.32 Å². The molecule has 23 heavy (non-hydrogen) atoms. The van der Waals surface area contributed by atoms with Gasteiger partial charge < -0.3 is 19.9 Å². The van der Waals surface area contributed by atoms with Crippen molar-refractivity contribution in [2.75, 3.05) is 6.54 Å². The summed E-state index contributed by atoms with van der Waals surface area (Å²) >= 11 is 0. The van der Waals surface area contributed by atoms with Crippen LogP contribution in [0.1, 0.15) is 33.3 Å². The molecule has 1 amide bonds. The molecule has 0 spiro atoms. The third-order valence-corrected chi connectivity index (χ3v) is 3.03. The lowest BCUT2D eigenvalue weighted by atomic mass is 10.1. The quantitative estimate of drug-likeness (QED) is 0.707. The number of aliphatic hydroxyl groups excluding tert-OH is 1. The van der Waals surface area contributed by atoms with Crippen LogP contribution in [0.2, 0.25) is 0 Å². The van der Waals surface area contributed by atoms with Crippen molar-refractivity contribution >= 4 is 11.9 Å². The van der Waals surface area contributed by atoms with E-state index in [-0.39, 0.29) is 19.3 Å². The van der Waals surface area contributed by atoms with Gasteiger partial charge in [0.1, 0.15) is 12.2 Å². The standard InChI is InChI=1S/C17H25NO5/c1-12(2)23-17(3,4)16(21)18-10-14(19)15(20)22-11-13-8-6-5-7-9-13/h5-9,12,14,19H,10-11H2,1-4H3,(H,18,21)/t14-/m0/s1. The van der Waals surface area contributed by atoms with Crippen LogP contribution >= 0.6 is 0 Å². The molecule has 0 saturated heterocycles. The topological polar surface area (TPSA) is 84.9 Å². The first-order valence-electron chi connectivity index (χ1n) is 7.57. The molecule has 6 heteroatoms. The van der Waals surface area contributed by atoms with E-state index in [1.54, 1.807) is 13.8 Å². The molecule has 1 rings (SSSR count). The summed E-state index contributed by atoms with van der Waals surface area (Å²) < 4.78 is 10.5. The fraction of sp³-hybridized carbons (Fsp3) is 0.529. The summed E-state index contributed by atoms with van der Waals surface area (Å²) in [6, 6.07) is 9.14. The van der Waals surface area contributed by atoms with E-state index < -0.39 is 23.6 Å². The van der Waals surface area contributed by atoms with E-state index in [4.69, 9.17) is 9.47 Å². The van der Waals surface area contributed by atoms with Gasteiger partial charge in [-0.25, -0.2) is 4.79 Å². The number of esters is 1. The summed E-state index contributed by atoms with van der Waals surface area (Å²) in [5.41, 5.74) is -0.217. The van der Waals surface area contributed by atoms with Crippen molar-refractivity contribution in [2.24, 2.45) is 0 Å². The first-order valence-corrected chi connectivity index (χ1v) is 7.57. The molecule has 0 radical (unpaired) electrons. The van der Waals surface area contributed by atoms with E-state index in [9.17, 15) is 14.7 Å². The smallest absolute Gasteiger partial charge is 0.337 e. The summed E-state index contributed by atoms with van der Waals surface area (Å²) in [6.45, 7) is 6.75. The predicted octanol–water partition coefficient (Wildman–Crippen LogP) is 1.41. The number of amides is 1. The van der Waals surface area contributed by atoms with Crippen LogP contribution in [0.25, 0.3) is 0 Å². The fourth-order valence-corrected chi connectivity index (χ4v) is 1.95. The number of ether oxygens (including phenoxy) is 2. The van der Waals surface area contributed by atoms with Crippen molar-refractivity contribution < 1.29 is 24.2 Å². The Morgan fingerprint density at radius 2 is 1.83 bits per heavy atom. The average molecular weight is 323 g/mol. The maximum absolute atomic E-state index is 12.0. The molecular formula is C17H25NO5. The van der Waals surface area contributed by atoms with Gasteiger partial charge in [-0.05, 0) is 33.3 Å². The lowest BCUT2D eigenvalue weighted by molar-refractivity contribution is -0.156.